The van der Waals surface area contributed by atoms with Crippen molar-refractivity contribution in [1.29, 1.82) is 0 Å². The van der Waals surface area contributed by atoms with Crippen molar-refractivity contribution < 1.29 is 8.78 Å². The molecule has 0 fully saturated rings. The van der Waals surface area contributed by atoms with E-state index < -0.39 is 17.3 Å². The van der Waals surface area contributed by atoms with E-state index >= 15 is 0 Å². The van der Waals surface area contributed by atoms with Gasteiger partial charge in [0.1, 0.15) is 11.6 Å². The van der Waals surface area contributed by atoms with E-state index in [4.69, 9.17) is 5.73 Å². The first-order valence-electron chi connectivity index (χ1n) is 6.88. The van der Waals surface area contributed by atoms with E-state index in [1.54, 1.807) is 0 Å². The summed E-state index contributed by atoms with van der Waals surface area (Å²) in [5.74, 6) is -1.08. The minimum Gasteiger partial charge on any atom is -0.313 e. The van der Waals surface area contributed by atoms with Crippen LogP contribution in [0.5, 0.6) is 0 Å². The summed E-state index contributed by atoms with van der Waals surface area (Å²) >= 11 is 0. The molecule has 2 nitrogen and oxygen atoms in total. The van der Waals surface area contributed by atoms with Crippen molar-refractivity contribution in [3.05, 3.63) is 35.4 Å². The maximum absolute atomic E-state index is 13.7. The van der Waals surface area contributed by atoms with E-state index in [0.29, 0.717) is 12.0 Å². The molecule has 4 heteroatoms. The van der Waals surface area contributed by atoms with E-state index in [-0.39, 0.29) is 0 Å². The van der Waals surface area contributed by atoms with Gasteiger partial charge in [0, 0.05) is 12.5 Å². The molecule has 1 rings (SSSR count). The predicted molar refractivity (Wildman–Crippen MR) is 74.8 cm³/mol. The zero-order valence-electron chi connectivity index (χ0n) is 12.0. The Hall–Kier alpha value is -1.00. The molecule has 108 valence electrons. The monoisotopic (exact) mass is 270 g/mol. The van der Waals surface area contributed by atoms with Crippen LogP contribution in [0.25, 0.3) is 0 Å². The SMILES string of the molecule is CCCN(CCC)C(C)(N)Cc1ccc(F)cc1F. The van der Waals surface area contributed by atoms with Crippen molar-refractivity contribution in [2.24, 2.45) is 5.73 Å². The highest BCUT2D eigenvalue weighted by Gasteiger charge is 2.27. The van der Waals surface area contributed by atoms with Crippen molar-refractivity contribution in [3.63, 3.8) is 0 Å². The minimum atomic E-state index is -0.620. The van der Waals surface area contributed by atoms with Crippen LogP contribution in [0.15, 0.2) is 18.2 Å². The van der Waals surface area contributed by atoms with Gasteiger partial charge in [-0.1, -0.05) is 19.9 Å². The van der Waals surface area contributed by atoms with Crippen LogP contribution in [0.4, 0.5) is 8.78 Å². The normalized spacial score (nSPS) is 14.7. The van der Waals surface area contributed by atoms with Crippen LogP contribution in [-0.2, 0) is 6.42 Å². The molecule has 0 spiro atoms. The quantitative estimate of drug-likeness (QED) is 0.770. The average molecular weight is 270 g/mol. The standard InChI is InChI=1S/C15H24F2N2/c1-4-8-19(9-5-2)15(3,18)11-12-6-7-13(16)10-14(12)17/h6-7,10H,4-5,8-9,11,18H2,1-3H3. The van der Waals surface area contributed by atoms with Gasteiger partial charge < -0.3 is 5.73 Å². The van der Waals surface area contributed by atoms with Gasteiger partial charge in [-0.3, -0.25) is 4.90 Å². The summed E-state index contributed by atoms with van der Waals surface area (Å²) in [5, 5.41) is 0. The number of nitrogens with two attached hydrogens (primary N) is 1. The number of rotatable bonds is 7. The summed E-state index contributed by atoms with van der Waals surface area (Å²) in [4.78, 5) is 2.16. The molecular formula is C15H24F2N2. The van der Waals surface area contributed by atoms with Crippen LogP contribution in [0, 0.1) is 11.6 Å². The maximum Gasteiger partial charge on any atom is 0.129 e. The Balaban J connectivity index is 2.86. The molecule has 1 unspecified atom stereocenters. The van der Waals surface area contributed by atoms with Gasteiger partial charge in [0.05, 0.1) is 5.66 Å². The van der Waals surface area contributed by atoms with E-state index in [0.717, 1.165) is 32.0 Å². The predicted octanol–water partition coefficient (Wildman–Crippen LogP) is 3.30. The third kappa shape index (κ3) is 4.55. The Morgan fingerprint density at radius 1 is 1.16 bits per heavy atom. The number of hydrogen-bond acceptors (Lipinski definition) is 2. The summed E-state index contributed by atoms with van der Waals surface area (Å²) in [6.45, 7) is 7.85. The van der Waals surface area contributed by atoms with E-state index in [1.807, 2.05) is 6.92 Å². The number of halogens is 2. The molecule has 0 radical (unpaired) electrons. The van der Waals surface area contributed by atoms with Gasteiger partial charge in [-0.25, -0.2) is 8.78 Å². The number of nitrogens with zero attached hydrogens (tertiary/aromatic N) is 1. The van der Waals surface area contributed by atoms with Gasteiger partial charge in [0.15, 0.2) is 0 Å². The number of hydrogen-bond donors (Lipinski definition) is 1. The summed E-state index contributed by atoms with van der Waals surface area (Å²) in [7, 11) is 0. The molecule has 1 aromatic carbocycles. The second-order valence-electron chi connectivity index (χ2n) is 5.26. The smallest absolute Gasteiger partial charge is 0.129 e. The van der Waals surface area contributed by atoms with Crippen molar-refractivity contribution >= 4 is 0 Å². The summed E-state index contributed by atoms with van der Waals surface area (Å²) < 4.78 is 26.6. The summed E-state index contributed by atoms with van der Waals surface area (Å²) in [6.07, 6.45) is 2.37. The lowest BCUT2D eigenvalue weighted by molar-refractivity contribution is 0.107. The average Bonchev–Trinajstić information content (AvgIpc) is 2.32. The van der Waals surface area contributed by atoms with Crippen molar-refractivity contribution in [2.45, 2.75) is 45.7 Å². The zero-order valence-corrected chi connectivity index (χ0v) is 12.0. The molecule has 0 bridgehead atoms. The van der Waals surface area contributed by atoms with Crippen LogP contribution in [0.1, 0.15) is 39.2 Å². The zero-order chi connectivity index (χ0) is 14.5. The lowest BCUT2D eigenvalue weighted by Crippen LogP contribution is -2.55. The Labute approximate surface area is 114 Å². The first kappa shape index (κ1) is 16.1. The number of benzene rings is 1. The summed E-state index contributed by atoms with van der Waals surface area (Å²) in [6, 6.07) is 3.67. The van der Waals surface area contributed by atoms with Crippen LogP contribution in [0.3, 0.4) is 0 Å². The molecule has 0 aliphatic rings. The van der Waals surface area contributed by atoms with Crippen LogP contribution >= 0.6 is 0 Å². The fraction of sp³-hybridized carbons (Fsp3) is 0.600. The van der Waals surface area contributed by atoms with Gasteiger partial charge in [0.2, 0.25) is 0 Å². The molecule has 0 aromatic heterocycles. The Bertz CT molecular complexity index is 399. The first-order chi connectivity index (χ1) is 8.90. The second kappa shape index (κ2) is 6.96. The fourth-order valence-electron chi connectivity index (χ4n) is 2.32. The van der Waals surface area contributed by atoms with Crippen LogP contribution in [0.2, 0.25) is 0 Å². The molecule has 2 N–H and O–H groups in total. The molecular weight excluding hydrogens is 246 g/mol. The van der Waals surface area contributed by atoms with Crippen LogP contribution < -0.4 is 5.73 Å². The molecule has 19 heavy (non-hydrogen) atoms. The van der Waals surface area contributed by atoms with E-state index in [9.17, 15) is 8.78 Å². The van der Waals surface area contributed by atoms with E-state index in [2.05, 4.69) is 18.7 Å². The Morgan fingerprint density at radius 3 is 2.21 bits per heavy atom. The van der Waals surface area contributed by atoms with Gasteiger partial charge in [-0.05, 0) is 44.5 Å². The molecule has 1 aromatic rings. The van der Waals surface area contributed by atoms with Crippen LogP contribution in [-0.4, -0.2) is 23.7 Å². The lowest BCUT2D eigenvalue weighted by Gasteiger charge is -2.38. The third-order valence-electron chi connectivity index (χ3n) is 3.27. The van der Waals surface area contributed by atoms with E-state index in [1.165, 1.54) is 12.1 Å². The fourth-order valence-corrected chi connectivity index (χ4v) is 2.32. The highest BCUT2D eigenvalue weighted by atomic mass is 19.1. The first-order valence-corrected chi connectivity index (χ1v) is 6.88. The van der Waals surface area contributed by atoms with Gasteiger partial charge in [-0.2, -0.15) is 0 Å². The van der Waals surface area contributed by atoms with Crippen molar-refractivity contribution in [2.75, 3.05) is 13.1 Å². The molecule has 0 heterocycles. The largest absolute Gasteiger partial charge is 0.313 e. The molecule has 0 saturated heterocycles. The van der Waals surface area contributed by atoms with Gasteiger partial charge in [0.25, 0.3) is 0 Å². The molecule has 1 atom stereocenters. The van der Waals surface area contributed by atoms with Crippen molar-refractivity contribution in [3.8, 4) is 0 Å². The Kier molecular flexibility index (Phi) is 5.88. The van der Waals surface area contributed by atoms with Crippen molar-refractivity contribution in [1.82, 2.24) is 4.90 Å². The topological polar surface area (TPSA) is 29.3 Å². The highest BCUT2D eigenvalue weighted by molar-refractivity contribution is 5.20. The summed E-state index contributed by atoms with van der Waals surface area (Å²) in [5.41, 5.74) is 6.18. The lowest BCUT2D eigenvalue weighted by atomic mass is 9.99. The highest BCUT2D eigenvalue weighted by Crippen LogP contribution is 2.19. The molecule has 0 saturated carbocycles. The Morgan fingerprint density at radius 2 is 1.74 bits per heavy atom. The molecule has 0 aliphatic heterocycles. The van der Waals surface area contributed by atoms with Gasteiger partial charge in [-0.15, -0.1) is 0 Å². The second-order valence-corrected chi connectivity index (χ2v) is 5.26. The third-order valence-corrected chi connectivity index (χ3v) is 3.27. The minimum absolute atomic E-state index is 0.374. The molecule has 0 amide bonds. The maximum atomic E-state index is 13.7. The van der Waals surface area contributed by atoms with Gasteiger partial charge >= 0.3 is 0 Å². The molecule has 0 aliphatic carbocycles.